The highest BCUT2D eigenvalue weighted by molar-refractivity contribution is 6.23. The molecular formula is C27H20N2. The lowest BCUT2D eigenvalue weighted by Gasteiger charge is -2.20. The maximum Gasteiger partial charge on any atom is 0.208 e. The van der Waals surface area contributed by atoms with E-state index in [-0.39, 0.29) is 0 Å². The molecule has 29 heavy (non-hydrogen) atoms. The molecule has 6 rings (SSSR count). The summed E-state index contributed by atoms with van der Waals surface area (Å²) in [6, 6.07) is 30.6. The lowest BCUT2D eigenvalue weighted by molar-refractivity contribution is 0.335. The summed E-state index contributed by atoms with van der Waals surface area (Å²) in [5.41, 5.74) is 2.61. The second-order valence-corrected chi connectivity index (χ2v) is 7.72. The van der Waals surface area contributed by atoms with Crippen molar-refractivity contribution in [1.82, 2.24) is 9.80 Å². The van der Waals surface area contributed by atoms with Gasteiger partial charge in [-0.05, 0) is 43.4 Å². The third-order valence-corrected chi connectivity index (χ3v) is 5.84. The third kappa shape index (κ3) is 2.80. The second kappa shape index (κ2) is 6.52. The van der Waals surface area contributed by atoms with Crippen LogP contribution in [0.25, 0.3) is 32.3 Å². The van der Waals surface area contributed by atoms with Crippen LogP contribution in [-0.2, 0) is 13.1 Å². The predicted molar refractivity (Wildman–Crippen MR) is 120 cm³/mol. The van der Waals surface area contributed by atoms with Crippen molar-refractivity contribution in [1.29, 1.82) is 0 Å². The normalized spacial score (nSPS) is 14.1. The average molecular weight is 372 g/mol. The van der Waals surface area contributed by atoms with Gasteiger partial charge in [0.05, 0.1) is 0 Å². The minimum absolute atomic E-state index is 0.815. The lowest BCUT2D eigenvalue weighted by atomic mass is 9.92. The highest BCUT2D eigenvalue weighted by Crippen LogP contribution is 2.36. The summed E-state index contributed by atoms with van der Waals surface area (Å²) < 4.78 is 0. The molecule has 2 radical (unpaired) electrons. The Morgan fingerprint density at radius 3 is 2.00 bits per heavy atom. The fraction of sp³-hybridized carbons (Fsp3) is 0.0741. The number of hydrogen-bond acceptors (Lipinski definition) is 2. The molecule has 0 spiro atoms. The third-order valence-electron chi connectivity index (χ3n) is 5.84. The zero-order valence-corrected chi connectivity index (χ0v) is 16.0. The van der Waals surface area contributed by atoms with Gasteiger partial charge in [-0.25, -0.2) is 0 Å². The van der Waals surface area contributed by atoms with Crippen molar-refractivity contribution in [3.63, 3.8) is 0 Å². The molecule has 2 nitrogen and oxygen atoms in total. The maximum absolute atomic E-state index is 3.47. The van der Waals surface area contributed by atoms with Crippen molar-refractivity contribution in [2.75, 3.05) is 0 Å². The smallest absolute Gasteiger partial charge is 0.208 e. The highest BCUT2D eigenvalue weighted by atomic mass is 15.3. The van der Waals surface area contributed by atoms with Crippen LogP contribution in [0.1, 0.15) is 11.1 Å². The number of rotatable bonds is 4. The number of nitrogens with zero attached hydrogens (tertiary/aromatic N) is 2. The summed E-state index contributed by atoms with van der Waals surface area (Å²) in [4.78, 5) is 4.26. The van der Waals surface area contributed by atoms with E-state index in [9.17, 15) is 0 Å². The van der Waals surface area contributed by atoms with Crippen molar-refractivity contribution in [3.8, 4) is 0 Å². The largest absolute Gasteiger partial charge is 0.342 e. The van der Waals surface area contributed by atoms with E-state index < -0.39 is 0 Å². The van der Waals surface area contributed by atoms with E-state index in [0.717, 1.165) is 13.1 Å². The Hall–Kier alpha value is -3.52. The highest BCUT2D eigenvalue weighted by Gasteiger charge is 2.17. The summed E-state index contributed by atoms with van der Waals surface area (Å²) in [6.07, 6.45) is 4.21. The molecule has 1 aliphatic rings. The molecule has 5 aromatic rings. The minimum atomic E-state index is 0.815. The van der Waals surface area contributed by atoms with Crippen molar-refractivity contribution < 1.29 is 0 Å². The first kappa shape index (κ1) is 16.4. The van der Waals surface area contributed by atoms with Crippen LogP contribution in [0.3, 0.4) is 0 Å². The molecule has 0 aliphatic carbocycles. The monoisotopic (exact) mass is 372 g/mol. The Kier molecular flexibility index (Phi) is 3.70. The van der Waals surface area contributed by atoms with Gasteiger partial charge in [0, 0.05) is 25.5 Å². The molecule has 1 aliphatic heterocycles. The minimum Gasteiger partial charge on any atom is -0.342 e. The summed E-state index contributed by atoms with van der Waals surface area (Å²) in [7, 11) is 0. The molecule has 5 aromatic carbocycles. The van der Waals surface area contributed by atoms with Crippen molar-refractivity contribution in [2.45, 2.75) is 13.1 Å². The van der Waals surface area contributed by atoms with Crippen LogP contribution < -0.4 is 0 Å². The van der Waals surface area contributed by atoms with E-state index in [1.807, 2.05) is 0 Å². The second-order valence-electron chi connectivity index (χ2n) is 7.72. The number of benzene rings is 5. The van der Waals surface area contributed by atoms with E-state index in [1.165, 1.54) is 43.4 Å². The first-order valence-electron chi connectivity index (χ1n) is 10.0. The molecular weight excluding hydrogens is 352 g/mol. The topological polar surface area (TPSA) is 6.48 Å². The van der Waals surface area contributed by atoms with Gasteiger partial charge in [0.25, 0.3) is 0 Å². The van der Waals surface area contributed by atoms with Gasteiger partial charge in [0.2, 0.25) is 6.67 Å². The summed E-state index contributed by atoms with van der Waals surface area (Å²) >= 11 is 0. The summed E-state index contributed by atoms with van der Waals surface area (Å²) in [5.74, 6) is 0. The molecule has 0 fully saturated rings. The molecule has 0 unspecified atom stereocenters. The lowest BCUT2D eigenvalue weighted by Crippen LogP contribution is -2.19. The first-order valence-corrected chi connectivity index (χ1v) is 10.0. The van der Waals surface area contributed by atoms with Crippen LogP contribution in [0.4, 0.5) is 0 Å². The Balaban J connectivity index is 1.32. The molecule has 1 heterocycles. The quantitative estimate of drug-likeness (QED) is 0.338. The van der Waals surface area contributed by atoms with Crippen LogP contribution in [-0.4, -0.2) is 9.80 Å². The maximum atomic E-state index is 3.47. The molecule has 0 saturated carbocycles. The van der Waals surface area contributed by atoms with E-state index in [1.54, 1.807) is 0 Å². The van der Waals surface area contributed by atoms with Gasteiger partial charge in [-0.15, -0.1) is 0 Å². The van der Waals surface area contributed by atoms with Crippen molar-refractivity contribution >= 4 is 32.3 Å². The first-order chi connectivity index (χ1) is 14.3. The molecule has 0 aromatic heterocycles. The van der Waals surface area contributed by atoms with Crippen molar-refractivity contribution in [2.24, 2.45) is 0 Å². The average Bonchev–Trinajstić information content (AvgIpc) is 3.20. The molecule has 138 valence electrons. The standard InChI is InChI=1S/C27H20N2/c1-2-5-20(6-3-1)17-28-15-16-29(19-28)18-24-12-11-23-10-9-21-7-4-8-22-13-14-25(24)27(23)26(21)22/h1-16H,17-18H2. The molecule has 0 N–H and O–H groups in total. The molecule has 0 atom stereocenters. The summed E-state index contributed by atoms with van der Waals surface area (Å²) in [5, 5.41) is 8.02. The van der Waals surface area contributed by atoms with Gasteiger partial charge in [0.15, 0.2) is 0 Å². The van der Waals surface area contributed by atoms with E-state index in [0.29, 0.717) is 0 Å². The zero-order chi connectivity index (χ0) is 19.2. The zero-order valence-electron chi connectivity index (χ0n) is 16.0. The van der Waals surface area contributed by atoms with E-state index in [4.69, 9.17) is 0 Å². The van der Waals surface area contributed by atoms with Crippen LogP contribution in [0, 0.1) is 6.67 Å². The van der Waals surface area contributed by atoms with Gasteiger partial charge in [-0.3, -0.25) is 0 Å². The SMILES string of the molecule is [C]1N(Cc2ccccc2)C=CN1Cc1ccc2ccc3cccc4ccc1c2c34. The van der Waals surface area contributed by atoms with E-state index in [2.05, 4.69) is 114 Å². The number of hydrogen-bond donors (Lipinski definition) is 0. The van der Waals surface area contributed by atoms with Crippen LogP contribution in [0.15, 0.2) is 97.3 Å². The van der Waals surface area contributed by atoms with Gasteiger partial charge in [-0.2, -0.15) is 0 Å². The Labute approximate surface area is 170 Å². The van der Waals surface area contributed by atoms with Crippen LogP contribution >= 0.6 is 0 Å². The van der Waals surface area contributed by atoms with E-state index >= 15 is 0 Å². The van der Waals surface area contributed by atoms with Gasteiger partial charge < -0.3 is 9.80 Å². The van der Waals surface area contributed by atoms with Gasteiger partial charge >= 0.3 is 0 Å². The van der Waals surface area contributed by atoms with Gasteiger partial charge in [-0.1, -0.05) is 84.9 Å². The van der Waals surface area contributed by atoms with Crippen LogP contribution in [0.2, 0.25) is 0 Å². The molecule has 2 heteroatoms. The van der Waals surface area contributed by atoms with Crippen molar-refractivity contribution in [3.05, 3.63) is 115 Å². The fourth-order valence-corrected chi connectivity index (χ4v) is 4.47. The molecule has 0 amide bonds. The fourth-order valence-electron chi connectivity index (χ4n) is 4.47. The summed E-state index contributed by atoms with van der Waals surface area (Å²) in [6.45, 7) is 5.13. The predicted octanol–water partition coefficient (Wildman–Crippen LogP) is 6.37. The Bertz CT molecular complexity index is 1320. The van der Waals surface area contributed by atoms with Crippen LogP contribution in [0.5, 0.6) is 0 Å². The molecule has 0 saturated heterocycles. The Morgan fingerprint density at radius 2 is 1.21 bits per heavy atom. The Morgan fingerprint density at radius 1 is 0.552 bits per heavy atom. The van der Waals surface area contributed by atoms with Gasteiger partial charge in [0.1, 0.15) is 0 Å². The molecule has 0 bridgehead atoms.